The van der Waals surface area contributed by atoms with E-state index in [9.17, 15) is 0 Å². The van der Waals surface area contributed by atoms with E-state index >= 15 is 0 Å². The molecule has 0 radical (unpaired) electrons. The molecule has 0 fully saturated rings. The van der Waals surface area contributed by atoms with Gasteiger partial charge in [-0.15, -0.1) is 5.12 Å². The minimum atomic E-state index is 1.62. The van der Waals surface area contributed by atoms with Crippen LogP contribution in [0.5, 0.6) is 0 Å². The molecule has 0 aliphatic carbocycles. The largest absolute Gasteiger partial charge is 0.299 e. The summed E-state index contributed by atoms with van der Waals surface area (Å²) < 4.78 is 0. The highest BCUT2D eigenvalue weighted by Gasteiger charge is 2.03. The van der Waals surface area contributed by atoms with Crippen LogP contribution in [0.25, 0.3) is 0 Å². The molecule has 80 valence electrons. The molecule has 0 amide bonds. The predicted octanol–water partition coefficient (Wildman–Crippen LogP) is 0.774. The third-order valence-electron chi connectivity index (χ3n) is 1.84. The number of hydrazone groups is 1. The van der Waals surface area contributed by atoms with Gasteiger partial charge in [0, 0.05) is 40.6 Å². The number of hydrogen-bond donors (Lipinski definition) is 0. The second-order valence-electron chi connectivity index (χ2n) is 2.81. The number of hydrazine groups is 2. The Hall–Kier alpha value is -1.49. The van der Waals surface area contributed by atoms with Crippen molar-refractivity contribution in [1.29, 1.82) is 0 Å². The van der Waals surface area contributed by atoms with E-state index < -0.39 is 0 Å². The average Bonchev–Trinajstić information content (AvgIpc) is 2.22. The van der Waals surface area contributed by atoms with Crippen LogP contribution in [0.3, 0.4) is 0 Å². The first kappa shape index (κ1) is 12.5. The molecule has 0 unspecified atom stereocenters. The molecule has 0 saturated heterocycles. The maximum atomic E-state index is 4.09. The average molecular weight is 197 g/mol. The zero-order valence-corrected chi connectivity index (χ0v) is 9.38. The Morgan fingerprint density at radius 1 is 0.929 bits per heavy atom. The van der Waals surface area contributed by atoms with Crippen LogP contribution >= 0.6 is 0 Å². The first-order valence-electron chi connectivity index (χ1n) is 4.24. The van der Waals surface area contributed by atoms with Gasteiger partial charge in [-0.25, -0.2) is 0 Å². The molecule has 0 atom stereocenters. The molecule has 14 heavy (non-hydrogen) atoms. The third kappa shape index (κ3) is 3.95. The molecule has 0 saturated carbocycles. The van der Waals surface area contributed by atoms with Crippen LogP contribution in [-0.4, -0.2) is 54.7 Å². The molecular formula is C9H19N5. The van der Waals surface area contributed by atoms with Gasteiger partial charge in [0.25, 0.3) is 0 Å². The van der Waals surface area contributed by atoms with Gasteiger partial charge < -0.3 is 0 Å². The van der Waals surface area contributed by atoms with Crippen molar-refractivity contribution in [3.63, 3.8) is 0 Å². The molecule has 5 nitrogen and oxygen atoms in total. The maximum Gasteiger partial charge on any atom is 0.127 e. The Labute approximate surface area is 86.1 Å². The van der Waals surface area contributed by atoms with E-state index in [1.165, 1.54) is 0 Å². The third-order valence-corrected chi connectivity index (χ3v) is 1.84. The highest BCUT2D eigenvalue weighted by Crippen LogP contribution is 1.93. The first-order valence-corrected chi connectivity index (χ1v) is 4.24. The van der Waals surface area contributed by atoms with E-state index in [4.69, 9.17) is 0 Å². The summed E-state index contributed by atoms with van der Waals surface area (Å²) in [7, 11) is 7.51. The SMILES string of the molecule is C=CN(C)/N=C\N(C)N(C)N(C)C=C. The van der Waals surface area contributed by atoms with Crippen molar-refractivity contribution in [2.75, 3.05) is 28.2 Å². The van der Waals surface area contributed by atoms with E-state index in [-0.39, 0.29) is 0 Å². The Bertz CT molecular complexity index is 213. The molecule has 0 spiro atoms. The summed E-state index contributed by atoms with van der Waals surface area (Å²) in [4.78, 5) is 0. The van der Waals surface area contributed by atoms with E-state index in [0.717, 1.165) is 0 Å². The first-order chi connectivity index (χ1) is 6.52. The van der Waals surface area contributed by atoms with Crippen molar-refractivity contribution in [2.45, 2.75) is 0 Å². The predicted molar refractivity (Wildman–Crippen MR) is 59.9 cm³/mol. The summed E-state index contributed by atoms with van der Waals surface area (Å²) in [5, 5.41) is 11.2. The monoisotopic (exact) mass is 197 g/mol. The lowest BCUT2D eigenvalue weighted by atomic mass is 10.9. The summed E-state index contributed by atoms with van der Waals surface area (Å²) in [6.45, 7) is 7.25. The van der Waals surface area contributed by atoms with E-state index in [0.29, 0.717) is 0 Å². The Kier molecular flexibility index (Phi) is 5.40. The highest BCUT2D eigenvalue weighted by atomic mass is 15.8. The van der Waals surface area contributed by atoms with Gasteiger partial charge in [0.05, 0.1) is 0 Å². The Morgan fingerprint density at radius 3 is 1.93 bits per heavy atom. The van der Waals surface area contributed by atoms with E-state index in [1.54, 1.807) is 23.7 Å². The van der Waals surface area contributed by atoms with Gasteiger partial charge in [0.1, 0.15) is 6.34 Å². The quantitative estimate of drug-likeness (QED) is 0.357. The van der Waals surface area contributed by atoms with Crippen LogP contribution in [0.15, 0.2) is 30.7 Å². The molecule has 0 heterocycles. The van der Waals surface area contributed by atoms with E-state index in [2.05, 4.69) is 18.3 Å². The van der Waals surface area contributed by atoms with Crippen LogP contribution in [0, 0.1) is 0 Å². The summed E-state index contributed by atoms with van der Waals surface area (Å²) in [6, 6.07) is 0. The van der Waals surface area contributed by atoms with Gasteiger partial charge in [0.2, 0.25) is 0 Å². The fourth-order valence-electron chi connectivity index (χ4n) is 0.619. The highest BCUT2D eigenvalue weighted by molar-refractivity contribution is 5.53. The topological polar surface area (TPSA) is 25.3 Å². The van der Waals surface area contributed by atoms with Crippen LogP contribution in [0.4, 0.5) is 0 Å². The van der Waals surface area contributed by atoms with Gasteiger partial charge in [-0.2, -0.15) is 5.10 Å². The van der Waals surface area contributed by atoms with Crippen molar-refractivity contribution in [3.8, 4) is 0 Å². The van der Waals surface area contributed by atoms with Crippen LogP contribution < -0.4 is 0 Å². The zero-order chi connectivity index (χ0) is 11.1. The van der Waals surface area contributed by atoms with Gasteiger partial charge in [-0.1, -0.05) is 13.2 Å². The molecule has 0 aliphatic rings. The fraction of sp³-hybridized carbons (Fsp3) is 0.444. The molecule has 5 heteroatoms. The number of hydrogen-bond acceptors (Lipinski definition) is 4. The lowest BCUT2D eigenvalue weighted by Gasteiger charge is -2.32. The molecule has 0 bridgehead atoms. The standard InChI is InChI=1S/C9H19N5/c1-7-11(3)10-9-13(5)14(6)12(4)8-2/h7-9H,1-2H2,3-6H3/b10-9-. The maximum absolute atomic E-state index is 4.09. The second-order valence-corrected chi connectivity index (χ2v) is 2.81. The second kappa shape index (κ2) is 6.04. The smallest absolute Gasteiger partial charge is 0.127 e. The van der Waals surface area contributed by atoms with Crippen LogP contribution in [0.2, 0.25) is 0 Å². The minimum Gasteiger partial charge on any atom is -0.299 e. The zero-order valence-electron chi connectivity index (χ0n) is 9.38. The summed E-state index contributed by atoms with van der Waals surface area (Å²) in [6.07, 6.45) is 5.02. The Balaban J connectivity index is 4.18. The van der Waals surface area contributed by atoms with Crippen LogP contribution in [0.1, 0.15) is 0 Å². The van der Waals surface area contributed by atoms with Crippen molar-refractivity contribution in [3.05, 3.63) is 25.6 Å². The van der Waals surface area contributed by atoms with Crippen molar-refractivity contribution in [2.24, 2.45) is 5.10 Å². The number of rotatable bonds is 6. The molecule has 0 aromatic heterocycles. The van der Waals surface area contributed by atoms with Gasteiger partial charge in [0.15, 0.2) is 0 Å². The van der Waals surface area contributed by atoms with Crippen molar-refractivity contribution < 1.29 is 0 Å². The Morgan fingerprint density at radius 2 is 1.50 bits per heavy atom. The molecule has 0 rings (SSSR count). The van der Waals surface area contributed by atoms with E-state index in [1.807, 2.05) is 43.3 Å². The number of nitrogens with zero attached hydrogens (tertiary/aromatic N) is 5. The molecule has 0 aromatic carbocycles. The minimum absolute atomic E-state index is 1.62. The molecular weight excluding hydrogens is 178 g/mol. The summed E-state index contributed by atoms with van der Waals surface area (Å²) in [5.74, 6) is 0. The van der Waals surface area contributed by atoms with Crippen molar-refractivity contribution in [1.82, 2.24) is 20.1 Å². The van der Waals surface area contributed by atoms with Crippen molar-refractivity contribution >= 4 is 6.34 Å². The van der Waals surface area contributed by atoms with Crippen LogP contribution in [-0.2, 0) is 0 Å². The molecule has 0 aromatic rings. The lowest BCUT2D eigenvalue weighted by molar-refractivity contribution is -0.0608. The fourth-order valence-corrected chi connectivity index (χ4v) is 0.619. The lowest BCUT2D eigenvalue weighted by Crippen LogP contribution is -2.44. The normalized spacial score (nSPS) is 10.4. The van der Waals surface area contributed by atoms with Gasteiger partial charge >= 0.3 is 0 Å². The van der Waals surface area contributed by atoms with Gasteiger partial charge in [-0.05, 0) is 0 Å². The summed E-state index contributed by atoms with van der Waals surface area (Å²) >= 11 is 0. The molecule has 0 N–H and O–H groups in total. The van der Waals surface area contributed by atoms with Gasteiger partial charge in [-0.3, -0.25) is 15.0 Å². The summed E-state index contributed by atoms with van der Waals surface area (Å²) in [5.41, 5.74) is 0. The molecule has 0 aliphatic heterocycles.